The van der Waals surface area contributed by atoms with E-state index in [2.05, 4.69) is 33.0 Å². The number of hydrogen-bond donors (Lipinski definition) is 0. The Bertz CT molecular complexity index is 1150. The smallest absolute Gasteiger partial charge is 0.175 e. The average molecular weight is 516 g/mol. The summed E-state index contributed by atoms with van der Waals surface area (Å²) in [6.45, 7) is 7.66. The molecule has 5 unspecified atom stereocenters. The van der Waals surface area contributed by atoms with Crippen LogP contribution in [-0.4, -0.2) is 26.3 Å². The van der Waals surface area contributed by atoms with Crippen molar-refractivity contribution in [1.29, 1.82) is 0 Å². The van der Waals surface area contributed by atoms with E-state index in [1.807, 2.05) is 0 Å². The van der Waals surface area contributed by atoms with Gasteiger partial charge in [0, 0.05) is 29.6 Å². The number of aromatic nitrogens is 1. The first-order valence-corrected chi connectivity index (χ1v) is 15.6. The van der Waals surface area contributed by atoms with Crippen molar-refractivity contribution in [2.75, 3.05) is 12.9 Å². The Balaban J connectivity index is 1.25. The zero-order chi connectivity index (χ0) is 25.9. The van der Waals surface area contributed by atoms with Crippen LogP contribution in [0.15, 0.2) is 35.4 Å². The molecule has 2 saturated carbocycles. The van der Waals surface area contributed by atoms with E-state index < -0.39 is 15.7 Å². The van der Waals surface area contributed by atoms with E-state index in [1.54, 1.807) is 0 Å². The molecule has 2 aliphatic rings. The van der Waals surface area contributed by atoms with Gasteiger partial charge in [0.2, 0.25) is 0 Å². The molecule has 198 valence electrons. The van der Waals surface area contributed by atoms with Crippen molar-refractivity contribution in [3.05, 3.63) is 58.7 Å². The highest BCUT2D eigenvalue weighted by Gasteiger charge is 2.43. The lowest BCUT2D eigenvalue weighted by atomic mass is 9.82. The van der Waals surface area contributed by atoms with Crippen LogP contribution in [0.4, 0.5) is 4.39 Å². The topological polar surface area (TPSA) is 56.3 Å². The lowest BCUT2D eigenvalue weighted by Crippen LogP contribution is -2.14. The molecule has 6 heteroatoms. The minimum absolute atomic E-state index is 0.00617. The highest BCUT2D eigenvalue weighted by atomic mass is 32.2. The van der Waals surface area contributed by atoms with Gasteiger partial charge in [-0.25, -0.2) is 12.8 Å². The molecule has 1 aromatic heterocycles. The number of halogens is 1. The predicted molar refractivity (Wildman–Crippen MR) is 142 cm³/mol. The molecule has 0 spiro atoms. The van der Waals surface area contributed by atoms with E-state index in [-0.39, 0.29) is 11.5 Å². The highest BCUT2D eigenvalue weighted by molar-refractivity contribution is 7.90. The van der Waals surface area contributed by atoms with Gasteiger partial charge >= 0.3 is 0 Å². The number of rotatable bonds is 10. The second kappa shape index (κ2) is 11.7. The van der Waals surface area contributed by atoms with Gasteiger partial charge < -0.3 is 4.74 Å². The number of nitrogens with zero attached hydrogens (tertiary/aromatic N) is 1. The minimum atomic E-state index is -3.41. The third-order valence-corrected chi connectivity index (χ3v) is 9.78. The fourth-order valence-electron chi connectivity index (χ4n) is 6.20. The molecular weight excluding hydrogens is 473 g/mol. The van der Waals surface area contributed by atoms with Crippen LogP contribution >= 0.6 is 0 Å². The van der Waals surface area contributed by atoms with Gasteiger partial charge in [-0.1, -0.05) is 45.7 Å². The van der Waals surface area contributed by atoms with Crippen LogP contribution in [-0.2, 0) is 34.0 Å². The average Bonchev–Trinajstić information content (AvgIpc) is 3.66. The summed E-state index contributed by atoms with van der Waals surface area (Å²) in [4.78, 5) is 4.92. The zero-order valence-corrected chi connectivity index (χ0v) is 23.1. The number of aryl methyl sites for hydroxylation is 2. The summed E-state index contributed by atoms with van der Waals surface area (Å²) in [7, 11) is -3.41. The Kier molecular flexibility index (Phi) is 8.87. The van der Waals surface area contributed by atoms with Gasteiger partial charge in [-0.05, 0) is 85.5 Å². The minimum Gasteiger partial charge on any atom is -0.376 e. The number of benzene rings is 1. The molecule has 0 bridgehead atoms. The van der Waals surface area contributed by atoms with Crippen molar-refractivity contribution < 1.29 is 17.5 Å². The molecule has 1 aromatic carbocycles. The maximum Gasteiger partial charge on any atom is 0.175 e. The van der Waals surface area contributed by atoms with E-state index >= 15 is 0 Å². The predicted octanol–water partition coefficient (Wildman–Crippen LogP) is 6.90. The Morgan fingerprint density at radius 2 is 1.89 bits per heavy atom. The maximum atomic E-state index is 14.3. The zero-order valence-electron chi connectivity index (χ0n) is 22.3. The summed E-state index contributed by atoms with van der Waals surface area (Å²) in [6, 6.07) is 6.43. The lowest BCUT2D eigenvalue weighted by Gasteiger charge is -2.24. The van der Waals surface area contributed by atoms with Gasteiger partial charge in [0.15, 0.2) is 9.84 Å². The number of sulfone groups is 1. The molecule has 2 aliphatic carbocycles. The standard InChI is InChI=1S/C30H42FNO3S/c1-5-21-14-22(6-2)30(32-17-21)20(3)23-8-7-9-24(11-10-23)28-15-26(28)19-35-18-25-12-13-27(16-29(25)31)36(4,33)34/h12-14,16-17,20,23-24,26,28H,5-11,15,18-19H2,1-4H3. The SMILES string of the molecule is CCc1cnc(C(C)C2CCCC(C3CC3COCc3ccc(S(C)(=O)=O)cc3F)CC2)c(CC)c1. The van der Waals surface area contributed by atoms with Crippen LogP contribution in [0.25, 0.3) is 0 Å². The van der Waals surface area contributed by atoms with Crippen LogP contribution in [0.5, 0.6) is 0 Å². The van der Waals surface area contributed by atoms with Gasteiger partial charge in [-0.3, -0.25) is 4.98 Å². The summed E-state index contributed by atoms with van der Waals surface area (Å²) in [5.74, 6) is 2.75. The molecule has 5 atom stereocenters. The molecule has 4 nitrogen and oxygen atoms in total. The molecule has 4 rings (SSSR count). The van der Waals surface area contributed by atoms with E-state index in [4.69, 9.17) is 9.72 Å². The number of hydrogen-bond acceptors (Lipinski definition) is 4. The number of pyridine rings is 1. The number of ether oxygens (including phenoxy) is 1. The normalized spacial score (nSPS) is 25.4. The Hall–Kier alpha value is -1.79. The van der Waals surface area contributed by atoms with Crippen molar-refractivity contribution in [3.8, 4) is 0 Å². The van der Waals surface area contributed by atoms with E-state index in [0.717, 1.165) is 37.0 Å². The van der Waals surface area contributed by atoms with Crippen molar-refractivity contribution in [2.24, 2.45) is 23.7 Å². The van der Waals surface area contributed by atoms with E-state index in [0.29, 0.717) is 29.9 Å². The monoisotopic (exact) mass is 515 g/mol. The van der Waals surface area contributed by atoms with Crippen molar-refractivity contribution in [1.82, 2.24) is 4.98 Å². The second-order valence-electron chi connectivity index (χ2n) is 11.1. The van der Waals surface area contributed by atoms with Crippen molar-refractivity contribution >= 4 is 9.84 Å². The first kappa shape index (κ1) is 27.3. The van der Waals surface area contributed by atoms with E-state index in [9.17, 15) is 12.8 Å². The Morgan fingerprint density at radius 1 is 1.08 bits per heavy atom. The fraction of sp³-hybridized carbons (Fsp3) is 0.633. The summed E-state index contributed by atoms with van der Waals surface area (Å²) < 4.78 is 43.4. The molecular formula is C30H42FNO3S. The largest absolute Gasteiger partial charge is 0.376 e. The van der Waals surface area contributed by atoms with Gasteiger partial charge in [0.05, 0.1) is 18.1 Å². The molecule has 1 heterocycles. The quantitative estimate of drug-likeness (QED) is 0.323. The molecule has 0 radical (unpaired) electrons. The van der Waals surface area contributed by atoms with Crippen molar-refractivity contribution in [3.63, 3.8) is 0 Å². The fourth-order valence-corrected chi connectivity index (χ4v) is 6.84. The molecule has 2 aromatic rings. The summed E-state index contributed by atoms with van der Waals surface area (Å²) >= 11 is 0. The van der Waals surface area contributed by atoms with Gasteiger partial charge in [-0.15, -0.1) is 0 Å². The molecule has 36 heavy (non-hydrogen) atoms. The van der Waals surface area contributed by atoms with E-state index in [1.165, 1.54) is 67.5 Å². The van der Waals surface area contributed by atoms with Crippen LogP contribution in [0.2, 0.25) is 0 Å². The van der Waals surface area contributed by atoms with Crippen LogP contribution in [0.1, 0.15) is 87.6 Å². The van der Waals surface area contributed by atoms with Crippen LogP contribution in [0.3, 0.4) is 0 Å². The third kappa shape index (κ3) is 6.55. The maximum absolute atomic E-state index is 14.3. The van der Waals surface area contributed by atoms with Gasteiger partial charge in [0.25, 0.3) is 0 Å². The Labute approximate surface area is 217 Å². The Morgan fingerprint density at radius 3 is 2.58 bits per heavy atom. The van der Waals surface area contributed by atoms with Crippen molar-refractivity contribution in [2.45, 2.75) is 89.6 Å². The second-order valence-corrected chi connectivity index (χ2v) is 13.1. The molecule has 2 fully saturated rings. The lowest BCUT2D eigenvalue weighted by molar-refractivity contribution is 0.102. The molecule has 0 N–H and O–H groups in total. The summed E-state index contributed by atoms with van der Waals surface area (Å²) in [5.41, 5.74) is 4.48. The first-order chi connectivity index (χ1) is 17.2. The molecule has 0 saturated heterocycles. The molecule has 0 amide bonds. The molecule has 0 aliphatic heterocycles. The first-order valence-electron chi connectivity index (χ1n) is 13.7. The van der Waals surface area contributed by atoms with Gasteiger partial charge in [0.1, 0.15) is 5.82 Å². The summed E-state index contributed by atoms with van der Waals surface area (Å²) in [6.07, 6.45) is 12.9. The third-order valence-electron chi connectivity index (χ3n) is 8.67. The van der Waals surface area contributed by atoms with Gasteiger partial charge in [-0.2, -0.15) is 0 Å². The van der Waals surface area contributed by atoms with Crippen LogP contribution < -0.4 is 0 Å². The van der Waals surface area contributed by atoms with Crippen LogP contribution in [0, 0.1) is 29.5 Å². The highest BCUT2D eigenvalue weighted by Crippen LogP contribution is 2.50. The summed E-state index contributed by atoms with van der Waals surface area (Å²) in [5, 5.41) is 0.